The third-order valence-corrected chi connectivity index (χ3v) is 5.73. The van der Waals surface area contributed by atoms with Crippen LogP contribution in [0.4, 0.5) is 5.69 Å². The van der Waals surface area contributed by atoms with Crippen LogP contribution in [-0.4, -0.2) is 52.0 Å². The molecule has 8 heteroatoms. The summed E-state index contributed by atoms with van der Waals surface area (Å²) in [4.78, 5) is 15.0. The van der Waals surface area contributed by atoms with Gasteiger partial charge in [-0.15, -0.1) is 0 Å². The average Bonchev–Trinajstić information content (AvgIpc) is 3.06. The van der Waals surface area contributed by atoms with Gasteiger partial charge in [0, 0.05) is 24.3 Å². The number of ether oxygens (including phenoxy) is 1. The molecule has 7 nitrogen and oxygen atoms in total. The maximum absolute atomic E-state index is 12.6. The van der Waals surface area contributed by atoms with Gasteiger partial charge in [0.1, 0.15) is 16.5 Å². The molecule has 1 saturated heterocycles. The van der Waals surface area contributed by atoms with E-state index in [1.807, 2.05) is 0 Å². The highest BCUT2D eigenvalue weighted by molar-refractivity contribution is 7.72. The Balaban J connectivity index is 2.21. The topological polar surface area (TPSA) is 102 Å². The molecular formula is C17H27N3O4S. The molecule has 0 bridgehead atoms. The number of nitrogens with zero attached hydrogens (tertiary/aromatic N) is 1. The largest absolute Gasteiger partial charge is 0.496 e. The Morgan fingerprint density at radius 2 is 2.20 bits per heavy atom. The van der Waals surface area contributed by atoms with Gasteiger partial charge in [-0.1, -0.05) is 6.92 Å². The SMILES string of the molecule is CCN1CCC[C@@H]1CNC(=O)c1cc([C@@H](C)[SH](=O)=O)c(N)cc1OC. The van der Waals surface area contributed by atoms with Crippen molar-refractivity contribution in [1.82, 2.24) is 10.2 Å². The summed E-state index contributed by atoms with van der Waals surface area (Å²) >= 11 is 0. The summed E-state index contributed by atoms with van der Waals surface area (Å²) in [6, 6.07) is 3.36. The lowest BCUT2D eigenvalue weighted by atomic mass is 10.0. The maximum atomic E-state index is 12.6. The van der Waals surface area contributed by atoms with E-state index < -0.39 is 16.0 Å². The number of hydrogen-bond donors (Lipinski definition) is 3. The van der Waals surface area contributed by atoms with Crippen LogP contribution in [-0.2, 0) is 10.7 Å². The van der Waals surface area contributed by atoms with Crippen LogP contribution < -0.4 is 15.8 Å². The average molecular weight is 369 g/mol. The summed E-state index contributed by atoms with van der Waals surface area (Å²) in [6.45, 7) is 6.23. The van der Waals surface area contributed by atoms with Gasteiger partial charge in [0.15, 0.2) is 0 Å². The van der Waals surface area contributed by atoms with E-state index in [9.17, 15) is 13.2 Å². The van der Waals surface area contributed by atoms with Crippen LogP contribution in [0.25, 0.3) is 0 Å². The highest BCUT2D eigenvalue weighted by atomic mass is 32.2. The van der Waals surface area contributed by atoms with Crippen LogP contribution in [0.5, 0.6) is 5.75 Å². The van der Waals surface area contributed by atoms with Crippen LogP contribution in [0.15, 0.2) is 12.1 Å². The van der Waals surface area contributed by atoms with Crippen LogP contribution in [0.2, 0.25) is 0 Å². The summed E-state index contributed by atoms with van der Waals surface area (Å²) in [6.07, 6.45) is 2.20. The number of anilines is 1. The lowest BCUT2D eigenvalue weighted by Gasteiger charge is -2.23. The standard InChI is InChI=1S/C17H27N3O4S/c1-4-20-7-5-6-12(20)10-19-17(21)14-8-13(11(2)25(22)23)15(18)9-16(14)24-3/h8-9,11-12,25H,4-7,10,18H2,1-3H3,(H,19,21)/t11-,12-/m1/s1. The molecule has 1 aromatic carbocycles. The minimum Gasteiger partial charge on any atom is -0.496 e. The number of carbonyl (C=O) groups is 1. The van der Waals surface area contributed by atoms with E-state index in [1.165, 1.54) is 19.2 Å². The molecule has 25 heavy (non-hydrogen) atoms. The maximum Gasteiger partial charge on any atom is 0.255 e. The second kappa shape index (κ2) is 8.53. The summed E-state index contributed by atoms with van der Waals surface area (Å²) in [7, 11) is -1.23. The zero-order chi connectivity index (χ0) is 18.6. The van der Waals surface area contributed by atoms with Crippen molar-refractivity contribution in [1.29, 1.82) is 0 Å². The van der Waals surface area contributed by atoms with Gasteiger partial charge in [0.05, 0.1) is 17.9 Å². The lowest BCUT2D eigenvalue weighted by molar-refractivity contribution is 0.0938. The summed E-state index contributed by atoms with van der Waals surface area (Å²) in [5.74, 6) is 0.0558. The van der Waals surface area contributed by atoms with E-state index >= 15 is 0 Å². The number of nitrogen functional groups attached to an aromatic ring is 1. The number of carbonyl (C=O) groups excluding carboxylic acids is 1. The second-order valence-corrected chi connectivity index (χ2v) is 7.62. The van der Waals surface area contributed by atoms with E-state index in [-0.39, 0.29) is 5.91 Å². The zero-order valence-electron chi connectivity index (χ0n) is 14.9. The minimum atomic E-state index is -2.68. The molecule has 1 fully saturated rings. The molecule has 0 spiro atoms. The first kappa shape index (κ1) is 19.5. The Kier molecular flexibility index (Phi) is 6.66. The molecule has 3 N–H and O–H groups in total. The Hall–Kier alpha value is -1.80. The first-order valence-corrected chi connectivity index (χ1v) is 9.76. The van der Waals surface area contributed by atoms with Gasteiger partial charge in [-0.3, -0.25) is 9.69 Å². The molecule has 1 amide bonds. The third-order valence-electron chi connectivity index (χ3n) is 4.82. The third kappa shape index (κ3) is 4.43. The molecule has 140 valence electrons. The number of hydrogen-bond acceptors (Lipinski definition) is 6. The molecule has 1 aliphatic heterocycles. The van der Waals surface area contributed by atoms with Crippen LogP contribution in [0, 0.1) is 0 Å². The number of benzene rings is 1. The number of rotatable bonds is 7. The Morgan fingerprint density at radius 3 is 2.80 bits per heavy atom. The molecule has 0 aliphatic carbocycles. The van der Waals surface area contributed by atoms with Crippen molar-refractivity contribution in [3.8, 4) is 5.75 Å². The highest BCUT2D eigenvalue weighted by Gasteiger charge is 2.25. The normalized spacial score (nSPS) is 19.1. The molecule has 0 saturated carbocycles. The number of nitrogens with two attached hydrogens (primary N) is 1. The molecule has 0 radical (unpaired) electrons. The van der Waals surface area contributed by atoms with Crippen LogP contribution in [0.3, 0.4) is 0 Å². The predicted octanol–water partition coefficient (Wildman–Crippen LogP) is 1.16. The summed E-state index contributed by atoms with van der Waals surface area (Å²) in [5, 5.41) is 2.18. The van der Waals surface area contributed by atoms with Gasteiger partial charge in [0.25, 0.3) is 5.91 Å². The first-order valence-electron chi connectivity index (χ1n) is 8.52. The van der Waals surface area contributed by atoms with Gasteiger partial charge in [-0.05, 0) is 44.5 Å². The van der Waals surface area contributed by atoms with Crippen molar-refractivity contribution >= 4 is 22.3 Å². The van der Waals surface area contributed by atoms with Gasteiger partial charge < -0.3 is 15.8 Å². The van der Waals surface area contributed by atoms with Crippen molar-refractivity contribution < 1.29 is 17.9 Å². The van der Waals surface area contributed by atoms with E-state index in [0.29, 0.717) is 35.2 Å². The number of methoxy groups -OCH3 is 1. The molecular weight excluding hydrogens is 342 g/mol. The smallest absolute Gasteiger partial charge is 0.255 e. The van der Waals surface area contributed by atoms with E-state index in [2.05, 4.69) is 17.1 Å². The van der Waals surface area contributed by atoms with Crippen molar-refractivity contribution in [3.63, 3.8) is 0 Å². The number of likely N-dealkylation sites (tertiary alicyclic amines) is 1. The zero-order valence-corrected chi connectivity index (χ0v) is 15.8. The fourth-order valence-electron chi connectivity index (χ4n) is 3.28. The number of thiol groups is 1. The summed E-state index contributed by atoms with van der Waals surface area (Å²) < 4.78 is 27.9. The van der Waals surface area contributed by atoms with Crippen molar-refractivity contribution in [2.45, 2.75) is 38.0 Å². The monoisotopic (exact) mass is 369 g/mol. The highest BCUT2D eigenvalue weighted by Crippen LogP contribution is 2.30. The number of likely N-dealkylation sites (N-methyl/N-ethyl adjacent to an activating group) is 1. The predicted molar refractivity (Wildman–Crippen MR) is 98.7 cm³/mol. The number of amides is 1. The molecule has 2 rings (SSSR count). The van der Waals surface area contributed by atoms with E-state index in [1.54, 1.807) is 6.92 Å². The van der Waals surface area contributed by atoms with Crippen LogP contribution >= 0.6 is 0 Å². The molecule has 1 heterocycles. The number of nitrogens with one attached hydrogen (secondary N) is 1. The van der Waals surface area contributed by atoms with E-state index in [4.69, 9.17) is 10.5 Å². The molecule has 1 aliphatic rings. The van der Waals surface area contributed by atoms with Gasteiger partial charge in [-0.25, -0.2) is 8.42 Å². The van der Waals surface area contributed by atoms with Gasteiger partial charge in [-0.2, -0.15) is 0 Å². The second-order valence-electron chi connectivity index (χ2n) is 6.28. The fourth-order valence-corrected chi connectivity index (χ4v) is 3.73. The molecule has 0 unspecified atom stereocenters. The summed E-state index contributed by atoms with van der Waals surface area (Å²) in [5.41, 5.74) is 6.94. The van der Waals surface area contributed by atoms with Gasteiger partial charge in [0.2, 0.25) is 0 Å². The molecule has 0 aromatic heterocycles. The van der Waals surface area contributed by atoms with Crippen molar-refractivity contribution in [3.05, 3.63) is 23.3 Å². The Labute approximate surface area is 150 Å². The lowest BCUT2D eigenvalue weighted by Crippen LogP contribution is -2.40. The first-order chi connectivity index (χ1) is 11.9. The van der Waals surface area contributed by atoms with Crippen molar-refractivity contribution in [2.75, 3.05) is 32.5 Å². The van der Waals surface area contributed by atoms with E-state index in [0.717, 1.165) is 25.9 Å². The fraction of sp³-hybridized carbons (Fsp3) is 0.588. The van der Waals surface area contributed by atoms with Crippen LogP contribution in [0.1, 0.15) is 47.9 Å². The van der Waals surface area contributed by atoms with Crippen molar-refractivity contribution in [2.24, 2.45) is 0 Å². The minimum absolute atomic E-state index is 0.283. The van der Waals surface area contributed by atoms with Gasteiger partial charge >= 0.3 is 0 Å². The Bertz CT molecular complexity index is 697. The Morgan fingerprint density at radius 1 is 1.48 bits per heavy atom. The molecule has 2 atom stereocenters. The molecule has 1 aromatic rings. The quantitative estimate of drug-likeness (QED) is 0.492.